The van der Waals surface area contributed by atoms with Crippen LogP contribution in [0.25, 0.3) is 0 Å². The highest BCUT2D eigenvalue weighted by Crippen LogP contribution is 2.19. The highest BCUT2D eigenvalue weighted by molar-refractivity contribution is 5.94. The molecule has 0 bridgehead atoms. The molecule has 4 heteroatoms. The predicted molar refractivity (Wildman–Crippen MR) is 86.7 cm³/mol. The second-order valence-corrected chi connectivity index (χ2v) is 6.60. The molecule has 0 spiro atoms. The minimum absolute atomic E-state index is 0.174. The summed E-state index contributed by atoms with van der Waals surface area (Å²) in [6.45, 7) is 5.18. The summed E-state index contributed by atoms with van der Waals surface area (Å²) >= 11 is 0. The summed E-state index contributed by atoms with van der Waals surface area (Å²) in [6, 6.07) is 8.11. The summed E-state index contributed by atoms with van der Waals surface area (Å²) in [5.74, 6) is 0.657. The average Bonchev–Trinajstić information content (AvgIpc) is 3.10. The lowest BCUT2D eigenvalue weighted by Gasteiger charge is -2.31. The van der Waals surface area contributed by atoms with E-state index in [0.717, 1.165) is 64.0 Å². The van der Waals surface area contributed by atoms with Gasteiger partial charge < -0.3 is 10.0 Å². The van der Waals surface area contributed by atoms with Crippen LogP contribution in [-0.2, 0) is 6.54 Å². The molecule has 4 nitrogen and oxygen atoms in total. The van der Waals surface area contributed by atoms with Gasteiger partial charge in [-0.05, 0) is 62.4 Å². The highest BCUT2D eigenvalue weighted by atomic mass is 16.3. The third-order valence-corrected chi connectivity index (χ3v) is 4.97. The molecule has 1 aromatic carbocycles. The Labute approximate surface area is 132 Å². The molecule has 2 fully saturated rings. The molecule has 120 valence electrons. The number of hydrogen-bond donors (Lipinski definition) is 1. The molecule has 1 aromatic rings. The number of hydrogen-bond acceptors (Lipinski definition) is 3. The van der Waals surface area contributed by atoms with Gasteiger partial charge in [-0.3, -0.25) is 9.69 Å². The van der Waals surface area contributed by atoms with Gasteiger partial charge in [0.25, 0.3) is 5.91 Å². The number of nitrogens with zero attached hydrogens (tertiary/aromatic N) is 2. The monoisotopic (exact) mass is 302 g/mol. The van der Waals surface area contributed by atoms with Gasteiger partial charge in [-0.15, -0.1) is 0 Å². The fourth-order valence-corrected chi connectivity index (χ4v) is 3.44. The van der Waals surface area contributed by atoms with Crippen LogP contribution in [0.15, 0.2) is 24.3 Å². The molecule has 1 N–H and O–H groups in total. The fourth-order valence-electron chi connectivity index (χ4n) is 3.44. The Balaban J connectivity index is 1.54. The molecule has 2 heterocycles. The zero-order valence-corrected chi connectivity index (χ0v) is 13.2. The quantitative estimate of drug-likeness (QED) is 0.926. The molecule has 0 aromatic heterocycles. The number of likely N-dealkylation sites (tertiary alicyclic amines) is 2. The summed E-state index contributed by atoms with van der Waals surface area (Å²) in [5.41, 5.74) is 2.07. The van der Waals surface area contributed by atoms with Crippen LogP contribution in [0, 0.1) is 5.92 Å². The summed E-state index contributed by atoms with van der Waals surface area (Å²) < 4.78 is 0. The fraction of sp³-hybridized carbons (Fsp3) is 0.611. The Morgan fingerprint density at radius 1 is 1.05 bits per heavy atom. The molecule has 0 radical (unpaired) electrons. The lowest BCUT2D eigenvalue weighted by Crippen LogP contribution is -2.34. The molecule has 0 saturated carbocycles. The normalized spacial score (nSPS) is 20.5. The van der Waals surface area contributed by atoms with Crippen LogP contribution < -0.4 is 0 Å². The number of benzene rings is 1. The van der Waals surface area contributed by atoms with E-state index >= 15 is 0 Å². The third kappa shape index (κ3) is 3.68. The Morgan fingerprint density at radius 3 is 2.27 bits per heavy atom. The van der Waals surface area contributed by atoms with Crippen molar-refractivity contribution in [1.29, 1.82) is 0 Å². The first kappa shape index (κ1) is 15.5. The standard InChI is InChI=1S/C18H26N2O2/c21-14-16-7-11-19(12-8-16)13-15-3-5-17(6-4-15)18(22)20-9-1-2-10-20/h3-6,16,21H,1-2,7-14H2. The van der Waals surface area contributed by atoms with E-state index < -0.39 is 0 Å². The molecular formula is C18H26N2O2. The number of carbonyl (C=O) groups is 1. The first-order chi connectivity index (χ1) is 10.8. The zero-order valence-electron chi connectivity index (χ0n) is 13.2. The molecule has 22 heavy (non-hydrogen) atoms. The van der Waals surface area contributed by atoms with Crippen molar-refractivity contribution in [2.24, 2.45) is 5.92 Å². The van der Waals surface area contributed by atoms with E-state index in [4.69, 9.17) is 0 Å². The van der Waals surface area contributed by atoms with Gasteiger partial charge >= 0.3 is 0 Å². The van der Waals surface area contributed by atoms with E-state index in [1.54, 1.807) is 0 Å². The van der Waals surface area contributed by atoms with Gasteiger partial charge in [0.15, 0.2) is 0 Å². The first-order valence-electron chi connectivity index (χ1n) is 8.47. The first-order valence-corrected chi connectivity index (χ1v) is 8.47. The molecule has 3 rings (SSSR count). The van der Waals surface area contributed by atoms with Gasteiger partial charge in [0, 0.05) is 31.8 Å². The van der Waals surface area contributed by atoms with Gasteiger partial charge in [0.2, 0.25) is 0 Å². The van der Waals surface area contributed by atoms with Gasteiger partial charge in [-0.25, -0.2) is 0 Å². The molecule has 0 atom stereocenters. The number of carbonyl (C=O) groups excluding carboxylic acids is 1. The van der Waals surface area contributed by atoms with Gasteiger partial charge in [0.05, 0.1) is 0 Å². The molecular weight excluding hydrogens is 276 g/mol. The van der Waals surface area contributed by atoms with Crippen molar-refractivity contribution in [2.75, 3.05) is 32.8 Å². The van der Waals surface area contributed by atoms with E-state index in [0.29, 0.717) is 12.5 Å². The van der Waals surface area contributed by atoms with Crippen LogP contribution in [-0.4, -0.2) is 53.6 Å². The summed E-state index contributed by atoms with van der Waals surface area (Å²) in [6.07, 6.45) is 4.44. The van der Waals surface area contributed by atoms with E-state index in [2.05, 4.69) is 17.0 Å². The number of aliphatic hydroxyl groups excluding tert-OH is 1. The van der Waals surface area contributed by atoms with Crippen LogP contribution in [0.5, 0.6) is 0 Å². The topological polar surface area (TPSA) is 43.8 Å². The highest BCUT2D eigenvalue weighted by Gasteiger charge is 2.20. The van der Waals surface area contributed by atoms with E-state index in [9.17, 15) is 9.90 Å². The Bertz CT molecular complexity index is 486. The minimum Gasteiger partial charge on any atom is -0.396 e. The maximum Gasteiger partial charge on any atom is 0.253 e. The Kier molecular flexibility index (Phi) is 5.11. The largest absolute Gasteiger partial charge is 0.396 e. The van der Waals surface area contributed by atoms with Crippen LogP contribution in [0.1, 0.15) is 41.6 Å². The maximum absolute atomic E-state index is 12.3. The van der Waals surface area contributed by atoms with Crippen LogP contribution in [0.3, 0.4) is 0 Å². The number of rotatable bonds is 4. The van der Waals surface area contributed by atoms with Crippen molar-refractivity contribution < 1.29 is 9.90 Å². The number of aliphatic hydroxyl groups is 1. The van der Waals surface area contributed by atoms with Gasteiger partial charge in [0.1, 0.15) is 0 Å². The van der Waals surface area contributed by atoms with Gasteiger partial charge in [-0.1, -0.05) is 12.1 Å². The lowest BCUT2D eigenvalue weighted by atomic mass is 9.97. The summed E-state index contributed by atoms with van der Waals surface area (Å²) in [4.78, 5) is 16.7. The molecule has 2 aliphatic heterocycles. The van der Waals surface area contributed by atoms with E-state index in [-0.39, 0.29) is 5.91 Å². The van der Waals surface area contributed by atoms with Crippen molar-refractivity contribution in [3.05, 3.63) is 35.4 Å². The van der Waals surface area contributed by atoms with Crippen LogP contribution in [0.2, 0.25) is 0 Å². The second kappa shape index (κ2) is 7.25. The molecule has 0 aliphatic carbocycles. The van der Waals surface area contributed by atoms with Crippen molar-refractivity contribution in [3.63, 3.8) is 0 Å². The average molecular weight is 302 g/mol. The molecule has 0 unspecified atom stereocenters. The smallest absolute Gasteiger partial charge is 0.253 e. The van der Waals surface area contributed by atoms with Crippen molar-refractivity contribution in [1.82, 2.24) is 9.80 Å². The molecule has 1 amide bonds. The van der Waals surface area contributed by atoms with Crippen molar-refractivity contribution >= 4 is 5.91 Å². The van der Waals surface area contributed by atoms with Crippen molar-refractivity contribution in [3.8, 4) is 0 Å². The SMILES string of the molecule is O=C(c1ccc(CN2CCC(CO)CC2)cc1)N1CCCC1. The second-order valence-electron chi connectivity index (χ2n) is 6.60. The predicted octanol–water partition coefficient (Wildman–Crippen LogP) is 2.13. The zero-order chi connectivity index (χ0) is 15.4. The number of piperidine rings is 1. The van der Waals surface area contributed by atoms with Crippen LogP contribution in [0.4, 0.5) is 0 Å². The third-order valence-electron chi connectivity index (χ3n) is 4.97. The minimum atomic E-state index is 0.174. The van der Waals surface area contributed by atoms with Gasteiger partial charge in [-0.2, -0.15) is 0 Å². The summed E-state index contributed by atoms with van der Waals surface area (Å²) in [7, 11) is 0. The Hall–Kier alpha value is -1.39. The maximum atomic E-state index is 12.3. The van der Waals surface area contributed by atoms with E-state index in [1.165, 1.54) is 5.56 Å². The van der Waals surface area contributed by atoms with Crippen molar-refractivity contribution in [2.45, 2.75) is 32.2 Å². The number of amides is 1. The molecule has 2 saturated heterocycles. The Morgan fingerprint density at radius 2 is 1.68 bits per heavy atom. The van der Waals surface area contributed by atoms with E-state index in [1.807, 2.05) is 17.0 Å². The summed E-state index contributed by atoms with van der Waals surface area (Å²) in [5, 5.41) is 9.19. The molecule has 2 aliphatic rings. The van der Waals surface area contributed by atoms with Crippen LogP contribution >= 0.6 is 0 Å². The lowest BCUT2D eigenvalue weighted by molar-refractivity contribution is 0.0793.